The van der Waals surface area contributed by atoms with Gasteiger partial charge in [0.25, 0.3) is 0 Å². The second-order valence-electron chi connectivity index (χ2n) is 4.41. The van der Waals surface area contributed by atoms with Crippen molar-refractivity contribution in [3.63, 3.8) is 0 Å². The van der Waals surface area contributed by atoms with Crippen LogP contribution in [0.4, 0.5) is 0 Å². The Kier molecular flexibility index (Phi) is 6.24. The molecule has 0 aromatic carbocycles. The topological polar surface area (TPSA) is 25.2 Å². The summed E-state index contributed by atoms with van der Waals surface area (Å²) < 4.78 is 5.69. The first-order valence-electron chi connectivity index (χ1n) is 6.57. The van der Waals surface area contributed by atoms with Gasteiger partial charge in [0.15, 0.2) is 0 Å². The average molecular weight is 223 g/mol. The van der Waals surface area contributed by atoms with Crippen molar-refractivity contribution < 1.29 is 4.42 Å². The number of hydrogen-bond donors (Lipinski definition) is 1. The van der Waals surface area contributed by atoms with Gasteiger partial charge in [0.1, 0.15) is 11.5 Å². The zero-order valence-corrected chi connectivity index (χ0v) is 10.9. The molecular formula is C14H25NO. The molecule has 0 radical (unpaired) electrons. The zero-order chi connectivity index (χ0) is 11.8. The predicted octanol–water partition coefficient (Wildman–Crippen LogP) is 4.21. The minimum atomic E-state index is 0.399. The van der Waals surface area contributed by atoms with Gasteiger partial charge in [-0.25, -0.2) is 0 Å². The molecule has 0 saturated carbocycles. The number of unbranched alkanes of at least 4 members (excludes halogenated alkanes) is 3. The first kappa shape index (κ1) is 13.3. The van der Waals surface area contributed by atoms with Gasteiger partial charge in [0.05, 0.1) is 6.04 Å². The summed E-state index contributed by atoms with van der Waals surface area (Å²) in [6.45, 7) is 7.40. The van der Waals surface area contributed by atoms with E-state index < -0.39 is 0 Å². The van der Waals surface area contributed by atoms with E-state index in [9.17, 15) is 0 Å². The van der Waals surface area contributed by atoms with E-state index in [1.807, 2.05) is 13.0 Å². The summed E-state index contributed by atoms with van der Waals surface area (Å²) >= 11 is 0. The average Bonchev–Trinajstić information content (AvgIpc) is 2.69. The Hall–Kier alpha value is -0.760. The monoisotopic (exact) mass is 223 g/mol. The summed E-state index contributed by atoms with van der Waals surface area (Å²) in [5.41, 5.74) is 0. The van der Waals surface area contributed by atoms with Crippen LogP contribution in [0, 0.1) is 6.92 Å². The molecule has 0 amide bonds. The van der Waals surface area contributed by atoms with Crippen molar-refractivity contribution in [2.24, 2.45) is 0 Å². The third kappa shape index (κ3) is 4.40. The van der Waals surface area contributed by atoms with Gasteiger partial charge >= 0.3 is 0 Å². The zero-order valence-electron chi connectivity index (χ0n) is 10.9. The van der Waals surface area contributed by atoms with Gasteiger partial charge in [-0.2, -0.15) is 0 Å². The maximum atomic E-state index is 5.69. The van der Waals surface area contributed by atoms with Crippen molar-refractivity contribution in [2.45, 2.75) is 58.9 Å². The van der Waals surface area contributed by atoms with Gasteiger partial charge in [-0.1, -0.05) is 39.5 Å². The lowest BCUT2D eigenvalue weighted by atomic mass is 10.1. The molecule has 0 saturated heterocycles. The fourth-order valence-electron chi connectivity index (χ4n) is 2.01. The molecule has 0 fully saturated rings. The van der Waals surface area contributed by atoms with Gasteiger partial charge in [-0.3, -0.25) is 0 Å². The maximum Gasteiger partial charge on any atom is 0.121 e. The van der Waals surface area contributed by atoms with Crippen LogP contribution in [0.15, 0.2) is 16.5 Å². The standard InChI is InChI=1S/C14H25NO/c1-4-6-7-8-9-13(15-5-2)14-11-10-12(3)16-14/h10-11,13,15H,4-9H2,1-3H3. The predicted molar refractivity (Wildman–Crippen MR) is 68.6 cm³/mol. The van der Waals surface area contributed by atoms with Gasteiger partial charge < -0.3 is 9.73 Å². The molecule has 1 unspecified atom stereocenters. The van der Waals surface area contributed by atoms with E-state index in [1.165, 1.54) is 32.1 Å². The number of nitrogens with one attached hydrogen (secondary N) is 1. The highest BCUT2D eigenvalue weighted by Gasteiger charge is 2.13. The van der Waals surface area contributed by atoms with E-state index >= 15 is 0 Å². The molecule has 0 aliphatic carbocycles. The lowest BCUT2D eigenvalue weighted by Crippen LogP contribution is -2.20. The SMILES string of the molecule is CCCCCCC(NCC)c1ccc(C)o1. The molecule has 1 atom stereocenters. The Balaban J connectivity index is 2.41. The molecule has 0 aliphatic rings. The van der Waals surface area contributed by atoms with Crippen molar-refractivity contribution in [3.8, 4) is 0 Å². The van der Waals surface area contributed by atoms with E-state index in [-0.39, 0.29) is 0 Å². The molecular weight excluding hydrogens is 198 g/mol. The molecule has 0 bridgehead atoms. The van der Waals surface area contributed by atoms with Crippen LogP contribution in [-0.2, 0) is 0 Å². The van der Waals surface area contributed by atoms with Crippen LogP contribution in [0.25, 0.3) is 0 Å². The first-order valence-corrected chi connectivity index (χ1v) is 6.57. The summed E-state index contributed by atoms with van der Waals surface area (Å²) in [5, 5.41) is 3.50. The van der Waals surface area contributed by atoms with Crippen molar-refractivity contribution >= 4 is 0 Å². The van der Waals surface area contributed by atoms with Crippen LogP contribution in [0.3, 0.4) is 0 Å². The summed E-state index contributed by atoms with van der Waals surface area (Å²) in [4.78, 5) is 0. The van der Waals surface area contributed by atoms with Crippen molar-refractivity contribution in [2.75, 3.05) is 6.54 Å². The highest BCUT2D eigenvalue weighted by atomic mass is 16.3. The summed E-state index contributed by atoms with van der Waals surface area (Å²) in [7, 11) is 0. The van der Waals surface area contributed by atoms with Crippen LogP contribution < -0.4 is 5.32 Å². The number of hydrogen-bond acceptors (Lipinski definition) is 2. The normalized spacial score (nSPS) is 12.9. The molecule has 2 nitrogen and oxygen atoms in total. The van der Waals surface area contributed by atoms with Crippen LogP contribution in [0.1, 0.15) is 63.5 Å². The largest absolute Gasteiger partial charge is 0.465 e. The minimum Gasteiger partial charge on any atom is -0.465 e. The Morgan fingerprint density at radius 1 is 1.19 bits per heavy atom. The Bertz CT molecular complexity index is 280. The lowest BCUT2D eigenvalue weighted by molar-refractivity contribution is 0.380. The van der Waals surface area contributed by atoms with Crippen molar-refractivity contribution in [1.82, 2.24) is 5.32 Å². The lowest BCUT2D eigenvalue weighted by Gasteiger charge is -2.15. The quantitative estimate of drug-likeness (QED) is 0.668. The third-order valence-electron chi connectivity index (χ3n) is 2.90. The van der Waals surface area contributed by atoms with Crippen LogP contribution in [0.5, 0.6) is 0 Å². The number of furan rings is 1. The fourth-order valence-corrected chi connectivity index (χ4v) is 2.01. The van der Waals surface area contributed by atoms with Gasteiger partial charge in [-0.05, 0) is 32.0 Å². The molecule has 16 heavy (non-hydrogen) atoms. The minimum absolute atomic E-state index is 0.399. The van der Waals surface area contributed by atoms with Crippen molar-refractivity contribution in [1.29, 1.82) is 0 Å². The van der Waals surface area contributed by atoms with E-state index in [0.29, 0.717) is 6.04 Å². The molecule has 0 spiro atoms. The maximum absolute atomic E-state index is 5.69. The van der Waals surface area contributed by atoms with Crippen molar-refractivity contribution in [3.05, 3.63) is 23.7 Å². The molecule has 1 N–H and O–H groups in total. The molecule has 1 heterocycles. The molecule has 1 rings (SSSR count). The van der Waals surface area contributed by atoms with Crippen LogP contribution >= 0.6 is 0 Å². The van der Waals surface area contributed by atoms with E-state index in [4.69, 9.17) is 4.42 Å². The van der Waals surface area contributed by atoms with E-state index in [1.54, 1.807) is 0 Å². The Morgan fingerprint density at radius 2 is 2.00 bits per heavy atom. The molecule has 92 valence electrons. The summed E-state index contributed by atoms with van der Waals surface area (Å²) in [6, 6.07) is 4.55. The fraction of sp³-hybridized carbons (Fsp3) is 0.714. The highest BCUT2D eigenvalue weighted by molar-refractivity contribution is 5.09. The van der Waals surface area contributed by atoms with Crippen LogP contribution in [0.2, 0.25) is 0 Å². The van der Waals surface area contributed by atoms with Crippen LogP contribution in [-0.4, -0.2) is 6.54 Å². The second-order valence-corrected chi connectivity index (χ2v) is 4.41. The Morgan fingerprint density at radius 3 is 2.56 bits per heavy atom. The molecule has 2 heteroatoms. The van der Waals surface area contributed by atoms with E-state index in [0.717, 1.165) is 18.1 Å². The second kappa shape index (κ2) is 7.50. The molecule has 1 aromatic heterocycles. The van der Waals surface area contributed by atoms with Gasteiger partial charge in [-0.15, -0.1) is 0 Å². The van der Waals surface area contributed by atoms with Gasteiger partial charge in [0.2, 0.25) is 0 Å². The summed E-state index contributed by atoms with van der Waals surface area (Å²) in [5.74, 6) is 2.10. The van der Waals surface area contributed by atoms with E-state index in [2.05, 4.69) is 25.2 Å². The first-order chi connectivity index (χ1) is 7.77. The molecule has 1 aromatic rings. The summed E-state index contributed by atoms with van der Waals surface area (Å²) in [6.07, 6.45) is 6.44. The van der Waals surface area contributed by atoms with Gasteiger partial charge in [0, 0.05) is 0 Å². The smallest absolute Gasteiger partial charge is 0.121 e. The molecule has 0 aliphatic heterocycles. The highest BCUT2D eigenvalue weighted by Crippen LogP contribution is 2.22. The third-order valence-corrected chi connectivity index (χ3v) is 2.90. The Labute approximate surface area is 99.4 Å². The number of rotatable bonds is 8. The number of aryl methyl sites for hydroxylation is 1.